The molecule has 0 aliphatic carbocycles. The van der Waals surface area contributed by atoms with E-state index in [0.29, 0.717) is 37.4 Å². The predicted molar refractivity (Wildman–Crippen MR) is 133 cm³/mol. The van der Waals surface area contributed by atoms with Crippen molar-refractivity contribution in [1.29, 1.82) is 0 Å². The topological polar surface area (TPSA) is 128 Å². The molecule has 0 radical (unpaired) electrons. The second-order valence-corrected chi connectivity index (χ2v) is 9.86. The fourth-order valence-corrected chi connectivity index (χ4v) is 4.97. The summed E-state index contributed by atoms with van der Waals surface area (Å²) in [5, 5.41) is 0. The van der Waals surface area contributed by atoms with Gasteiger partial charge in [0.05, 0.1) is 29.4 Å². The predicted octanol–water partition coefficient (Wildman–Crippen LogP) is 2.31. The number of carbonyl (C=O) groups is 1. The molecule has 178 valence electrons. The van der Waals surface area contributed by atoms with Gasteiger partial charge in [0.2, 0.25) is 10.0 Å². The number of hydrogen-bond acceptors (Lipinski definition) is 6. The number of anilines is 1. The number of benzene rings is 3. The molecule has 3 aromatic carbocycles. The Morgan fingerprint density at radius 1 is 0.941 bits per heavy atom. The third kappa shape index (κ3) is 5.45. The second-order valence-electron chi connectivity index (χ2n) is 8.09. The maximum Gasteiger partial charge on any atom is 0.250 e. The zero-order chi connectivity index (χ0) is 24.1. The summed E-state index contributed by atoms with van der Waals surface area (Å²) >= 11 is 0. The van der Waals surface area contributed by atoms with E-state index in [1.807, 2.05) is 36.4 Å². The summed E-state index contributed by atoms with van der Waals surface area (Å²) in [5.74, 6) is -0.625. The lowest BCUT2D eigenvalue weighted by molar-refractivity contribution is 0.0390. The Bertz CT molecular complexity index is 1260. The van der Waals surface area contributed by atoms with Crippen molar-refractivity contribution in [3.8, 4) is 22.3 Å². The van der Waals surface area contributed by atoms with Crippen LogP contribution in [0, 0.1) is 0 Å². The Labute approximate surface area is 199 Å². The largest absolute Gasteiger partial charge is 0.398 e. The third-order valence-electron chi connectivity index (χ3n) is 5.85. The Morgan fingerprint density at radius 2 is 1.62 bits per heavy atom. The van der Waals surface area contributed by atoms with Crippen LogP contribution in [0.5, 0.6) is 0 Å². The summed E-state index contributed by atoms with van der Waals surface area (Å²) < 4.78 is 33.4. The maximum absolute atomic E-state index is 12.7. The van der Waals surface area contributed by atoms with E-state index in [2.05, 4.69) is 9.62 Å². The van der Waals surface area contributed by atoms with Crippen molar-refractivity contribution in [1.82, 2.24) is 9.62 Å². The number of primary amides is 1. The van der Waals surface area contributed by atoms with E-state index in [1.165, 1.54) is 12.1 Å². The number of sulfonamides is 1. The van der Waals surface area contributed by atoms with E-state index in [-0.39, 0.29) is 16.1 Å². The van der Waals surface area contributed by atoms with Crippen LogP contribution in [0.1, 0.15) is 10.4 Å². The van der Waals surface area contributed by atoms with Crippen molar-refractivity contribution < 1.29 is 17.9 Å². The quantitative estimate of drug-likeness (QED) is 0.425. The minimum atomic E-state index is -3.66. The molecule has 1 saturated heterocycles. The minimum Gasteiger partial charge on any atom is -0.398 e. The molecule has 1 heterocycles. The van der Waals surface area contributed by atoms with Gasteiger partial charge in [-0.25, -0.2) is 13.1 Å². The lowest BCUT2D eigenvalue weighted by Crippen LogP contribution is -2.41. The Morgan fingerprint density at radius 3 is 2.26 bits per heavy atom. The highest BCUT2D eigenvalue weighted by Gasteiger charge is 2.18. The summed E-state index contributed by atoms with van der Waals surface area (Å²) in [7, 11) is -3.66. The van der Waals surface area contributed by atoms with Crippen molar-refractivity contribution in [2.45, 2.75) is 4.90 Å². The number of nitrogens with two attached hydrogens (primary N) is 2. The van der Waals surface area contributed by atoms with Gasteiger partial charge in [-0.3, -0.25) is 9.69 Å². The maximum atomic E-state index is 12.7. The van der Waals surface area contributed by atoms with Crippen LogP contribution in [0.2, 0.25) is 0 Å². The Balaban J connectivity index is 1.57. The van der Waals surface area contributed by atoms with Crippen LogP contribution in [0.25, 0.3) is 22.3 Å². The summed E-state index contributed by atoms with van der Waals surface area (Å²) in [5.41, 5.74) is 15.3. The van der Waals surface area contributed by atoms with Gasteiger partial charge in [0.15, 0.2) is 0 Å². The van der Waals surface area contributed by atoms with Crippen molar-refractivity contribution in [3.05, 3.63) is 72.3 Å². The van der Waals surface area contributed by atoms with Gasteiger partial charge in [-0.05, 0) is 41.0 Å². The SMILES string of the molecule is NC(=O)c1cc(-c2ccccc2)cc(-c2ccc(S(=O)(=O)NCCN3CCOCC3)cc2)c1N. The highest BCUT2D eigenvalue weighted by molar-refractivity contribution is 7.89. The molecule has 8 nitrogen and oxygen atoms in total. The van der Waals surface area contributed by atoms with E-state index in [4.69, 9.17) is 16.2 Å². The van der Waals surface area contributed by atoms with E-state index in [9.17, 15) is 13.2 Å². The fraction of sp³-hybridized carbons (Fsp3) is 0.240. The molecule has 4 rings (SSSR count). The molecule has 1 aliphatic heterocycles. The van der Waals surface area contributed by atoms with E-state index in [1.54, 1.807) is 18.2 Å². The molecule has 0 bridgehead atoms. The van der Waals surface area contributed by atoms with Crippen LogP contribution >= 0.6 is 0 Å². The number of nitrogens with zero attached hydrogens (tertiary/aromatic N) is 1. The molecule has 34 heavy (non-hydrogen) atoms. The van der Waals surface area contributed by atoms with Gasteiger partial charge in [-0.2, -0.15) is 0 Å². The number of rotatable bonds is 8. The molecule has 0 unspecified atom stereocenters. The molecular formula is C25H28N4O4S. The van der Waals surface area contributed by atoms with Crippen LogP contribution in [0.3, 0.4) is 0 Å². The lowest BCUT2D eigenvalue weighted by Gasteiger charge is -2.26. The first-order chi connectivity index (χ1) is 16.3. The Kier molecular flexibility index (Phi) is 7.28. The highest BCUT2D eigenvalue weighted by atomic mass is 32.2. The van der Waals surface area contributed by atoms with Crippen LogP contribution < -0.4 is 16.2 Å². The third-order valence-corrected chi connectivity index (χ3v) is 7.33. The van der Waals surface area contributed by atoms with E-state index >= 15 is 0 Å². The molecule has 0 atom stereocenters. The number of carbonyl (C=O) groups excluding carboxylic acids is 1. The number of hydrogen-bond donors (Lipinski definition) is 3. The van der Waals surface area contributed by atoms with Crippen molar-refractivity contribution in [2.75, 3.05) is 45.1 Å². The van der Waals surface area contributed by atoms with Crippen LogP contribution in [0.4, 0.5) is 5.69 Å². The number of ether oxygens (including phenoxy) is 1. The van der Waals surface area contributed by atoms with E-state index in [0.717, 1.165) is 24.2 Å². The monoisotopic (exact) mass is 480 g/mol. The summed E-state index contributed by atoms with van der Waals surface area (Å²) in [4.78, 5) is 14.4. The molecule has 9 heteroatoms. The number of morpholine rings is 1. The average Bonchev–Trinajstić information content (AvgIpc) is 2.85. The zero-order valence-corrected chi connectivity index (χ0v) is 19.6. The molecular weight excluding hydrogens is 452 g/mol. The normalized spacial score (nSPS) is 14.7. The van der Waals surface area contributed by atoms with Gasteiger partial charge < -0.3 is 16.2 Å². The van der Waals surface area contributed by atoms with Gasteiger partial charge in [0.25, 0.3) is 5.91 Å². The molecule has 3 aromatic rings. The first kappa shape index (κ1) is 23.9. The first-order valence-corrected chi connectivity index (χ1v) is 12.5. The van der Waals surface area contributed by atoms with E-state index < -0.39 is 15.9 Å². The summed E-state index contributed by atoms with van der Waals surface area (Å²) in [6.45, 7) is 3.87. The molecule has 1 aliphatic rings. The molecule has 0 spiro atoms. The number of nitrogen functional groups attached to an aromatic ring is 1. The second kappa shape index (κ2) is 10.4. The van der Waals surface area contributed by atoms with Crippen molar-refractivity contribution in [2.24, 2.45) is 5.73 Å². The summed E-state index contributed by atoms with van der Waals surface area (Å²) in [6.07, 6.45) is 0. The van der Waals surface area contributed by atoms with Crippen LogP contribution in [0.15, 0.2) is 71.6 Å². The molecule has 1 fully saturated rings. The van der Waals surface area contributed by atoms with Crippen molar-refractivity contribution in [3.63, 3.8) is 0 Å². The zero-order valence-electron chi connectivity index (χ0n) is 18.7. The standard InChI is InChI=1S/C25H28N4O4S/c26-24-22(16-20(17-23(24)25(27)30)18-4-2-1-3-5-18)19-6-8-21(9-7-19)34(31,32)28-10-11-29-12-14-33-15-13-29/h1-9,16-17,28H,10-15,26H2,(H2,27,30). The van der Waals surface area contributed by atoms with Crippen LogP contribution in [-0.4, -0.2) is 58.6 Å². The fourth-order valence-electron chi connectivity index (χ4n) is 3.95. The molecule has 5 N–H and O–H groups in total. The van der Waals surface area contributed by atoms with Gasteiger partial charge in [-0.1, -0.05) is 42.5 Å². The Hall–Kier alpha value is -3.24. The lowest BCUT2D eigenvalue weighted by atomic mass is 9.94. The van der Waals surface area contributed by atoms with Gasteiger partial charge >= 0.3 is 0 Å². The van der Waals surface area contributed by atoms with Gasteiger partial charge in [0.1, 0.15) is 0 Å². The van der Waals surface area contributed by atoms with Crippen molar-refractivity contribution >= 4 is 21.6 Å². The smallest absolute Gasteiger partial charge is 0.250 e. The minimum absolute atomic E-state index is 0.158. The summed E-state index contributed by atoms with van der Waals surface area (Å²) in [6, 6.07) is 19.6. The number of amides is 1. The number of nitrogens with one attached hydrogen (secondary N) is 1. The van der Waals surface area contributed by atoms with Gasteiger partial charge in [0, 0.05) is 31.7 Å². The van der Waals surface area contributed by atoms with Crippen LogP contribution in [-0.2, 0) is 14.8 Å². The average molecular weight is 481 g/mol. The van der Waals surface area contributed by atoms with Gasteiger partial charge in [-0.15, -0.1) is 0 Å². The first-order valence-electron chi connectivity index (χ1n) is 11.0. The molecule has 1 amide bonds. The molecule has 0 saturated carbocycles. The molecule has 0 aromatic heterocycles. The highest BCUT2D eigenvalue weighted by Crippen LogP contribution is 2.34.